The van der Waals surface area contributed by atoms with Crippen LogP contribution in [0.4, 0.5) is 4.39 Å². The molecular formula is C17H24FN3O3. The zero-order chi connectivity index (χ0) is 17.5. The molecule has 0 aliphatic carbocycles. The summed E-state index contributed by atoms with van der Waals surface area (Å²) in [4.78, 5) is 25.4. The second-order valence-electron chi connectivity index (χ2n) is 5.88. The van der Waals surface area contributed by atoms with Gasteiger partial charge in [0.15, 0.2) is 0 Å². The summed E-state index contributed by atoms with van der Waals surface area (Å²) in [7, 11) is 0. The molecule has 2 rings (SSSR count). The number of morpholine rings is 1. The van der Waals surface area contributed by atoms with Gasteiger partial charge in [0.1, 0.15) is 11.9 Å². The number of nitrogens with one attached hydrogen (secondary N) is 2. The maximum atomic E-state index is 13.2. The Morgan fingerprint density at radius 1 is 1.25 bits per heavy atom. The molecule has 2 atom stereocenters. The Balaban J connectivity index is 2.04. The van der Waals surface area contributed by atoms with Crippen LogP contribution < -0.4 is 10.6 Å². The lowest BCUT2D eigenvalue weighted by Gasteiger charge is -2.35. The molecule has 1 fully saturated rings. The first-order valence-corrected chi connectivity index (χ1v) is 8.09. The average Bonchev–Trinajstić information content (AvgIpc) is 2.56. The predicted octanol–water partition coefficient (Wildman–Crippen LogP) is 0.840. The van der Waals surface area contributed by atoms with Crippen LogP contribution in [0.3, 0.4) is 0 Å². The van der Waals surface area contributed by atoms with Gasteiger partial charge in [-0.2, -0.15) is 0 Å². The number of carbonyl (C=O) groups excluding carboxylic acids is 2. The number of hydrogen-bond acceptors (Lipinski definition) is 4. The van der Waals surface area contributed by atoms with E-state index >= 15 is 0 Å². The zero-order valence-corrected chi connectivity index (χ0v) is 14.0. The topological polar surface area (TPSA) is 70.7 Å². The normalized spacial score (nSPS) is 17.8. The third kappa shape index (κ3) is 5.28. The fourth-order valence-electron chi connectivity index (χ4n) is 2.75. The van der Waals surface area contributed by atoms with E-state index in [1.807, 2.05) is 0 Å². The summed E-state index contributed by atoms with van der Waals surface area (Å²) in [6.07, 6.45) is 0. The van der Waals surface area contributed by atoms with E-state index < -0.39 is 6.04 Å². The molecule has 7 heteroatoms. The van der Waals surface area contributed by atoms with Crippen molar-refractivity contribution >= 4 is 11.8 Å². The van der Waals surface area contributed by atoms with Crippen molar-refractivity contribution in [3.05, 3.63) is 35.6 Å². The van der Waals surface area contributed by atoms with E-state index in [4.69, 9.17) is 4.74 Å². The molecule has 0 spiro atoms. The van der Waals surface area contributed by atoms with E-state index in [2.05, 4.69) is 15.5 Å². The van der Waals surface area contributed by atoms with Crippen LogP contribution in [0.1, 0.15) is 25.5 Å². The molecule has 132 valence electrons. The fourth-order valence-corrected chi connectivity index (χ4v) is 2.75. The Bertz CT molecular complexity index is 559. The van der Waals surface area contributed by atoms with E-state index in [9.17, 15) is 14.0 Å². The van der Waals surface area contributed by atoms with Crippen molar-refractivity contribution in [2.45, 2.75) is 25.9 Å². The molecule has 2 N–H and O–H groups in total. The van der Waals surface area contributed by atoms with Gasteiger partial charge in [-0.3, -0.25) is 14.5 Å². The van der Waals surface area contributed by atoms with Crippen molar-refractivity contribution < 1.29 is 18.7 Å². The SMILES string of the molecule is CC(=O)NC(C)C(=O)NCC(c1ccc(F)cc1)N1CCOCC1. The van der Waals surface area contributed by atoms with Gasteiger partial charge in [-0.25, -0.2) is 4.39 Å². The van der Waals surface area contributed by atoms with Crippen LogP contribution in [0.15, 0.2) is 24.3 Å². The molecule has 6 nitrogen and oxygen atoms in total. The number of ether oxygens (including phenoxy) is 1. The third-order valence-electron chi connectivity index (χ3n) is 4.02. The molecule has 1 aromatic rings. The first-order chi connectivity index (χ1) is 11.5. The molecule has 24 heavy (non-hydrogen) atoms. The maximum Gasteiger partial charge on any atom is 0.242 e. The van der Waals surface area contributed by atoms with Gasteiger partial charge >= 0.3 is 0 Å². The van der Waals surface area contributed by atoms with Crippen LogP contribution in [0, 0.1) is 5.82 Å². The highest BCUT2D eigenvalue weighted by Crippen LogP contribution is 2.21. The Labute approximate surface area is 141 Å². The summed E-state index contributed by atoms with van der Waals surface area (Å²) in [5.41, 5.74) is 0.936. The zero-order valence-electron chi connectivity index (χ0n) is 14.0. The molecule has 1 saturated heterocycles. The second kappa shape index (κ2) is 8.75. The summed E-state index contributed by atoms with van der Waals surface area (Å²) in [6.45, 7) is 6.16. The molecule has 0 radical (unpaired) electrons. The quantitative estimate of drug-likeness (QED) is 0.807. The summed E-state index contributed by atoms with van der Waals surface area (Å²) < 4.78 is 18.6. The van der Waals surface area contributed by atoms with Gasteiger partial charge < -0.3 is 15.4 Å². The van der Waals surface area contributed by atoms with Crippen LogP contribution in [0.5, 0.6) is 0 Å². The Morgan fingerprint density at radius 2 is 1.88 bits per heavy atom. The van der Waals surface area contributed by atoms with E-state index in [1.165, 1.54) is 19.1 Å². The van der Waals surface area contributed by atoms with Crippen LogP contribution in [-0.2, 0) is 14.3 Å². The fraction of sp³-hybridized carbons (Fsp3) is 0.529. The van der Waals surface area contributed by atoms with Crippen molar-refractivity contribution in [1.82, 2.24) is 15.5 Å². The smallest absolute Gasteiger partial charge is 0.242 e. The summed E-state index contributed by atoms with van der Waals surface area (Å²) >= 11 is 0. The molecule has 0 aromatic heterocycles. The Kier molecular flexibility index (Phi) is 6.69. The molecule has 1 aromatic carbocycles. The van der Waals surface area contributed by atoms with E-state index in [0.717, 1.165) is 18.7 Å². The van der Waals surface area contributed by atoms with Gasteiger partial charge in [0, 0.05) is 26.6 Å². The first kappa shape index (κ1) is 18.4. The molecule has 1 aliphatic heterocycles. The van der Waals surface area contributed by atoms with Crippen LogP contribution >= 0.6 is 0 Å². The summed E-state index contributed by atoms with van der Waals surface area (Å²) in [6, 6.07) is 5.65. The second-order valence-corrected chi connectivity index (χ2v) is 5.88. The molecule has 2 unspecified atom stereocenters. The lowest BCUT2D eigenvalue weighted by Crippen LogP contribution is -2.48. The number of nitrogens with zero attached hydrogens (tertiary/aromatic N) is 1. The maximum absolute atomic E-state index is 13.2. The highest BCUT2D eigenvalue weighted by Gasteiger charge is 2.24. The molecule has 1 aliphatic rings. The van der Waals surface area contributed by atoms with Crippen molar-refractivity contribution in [2.24, 2.45) is 0 Å². The standard InChI is InChI=1S/C17H24FN3O3/c1-12(20-13(2)22)17(23)19-11-16(21-7-9-24-10-8-21)14-3-5-15(18)6-4-14/h3-6,12,16H,7-11H2,1-2H3,(H,19,23)(H,20,22). The van der Waals surface area contributed by atoms with Crippen LogP contribution in [0.25, 0.3) is 0 Å². The van der Waals surface area contributed by atoms with E-state index in [0.29, 0.717) is 19.8 Å². The Hall–Kier alpha value is -1.99. The van der Waals surface area contributed by atoms with Crippen molar-refractivity contribution in [3.63, 3.8) is 0 Å². The van der Waals surface area contributed by atoms with Crippen molar-refractivity contribution in [1.29, 1.82) is 0 Å². The molecule has 0 saturated carbocycles. The average molecular weight is 337 g/mol. The molecule has 0 bridgehead atoms. The van der Waals surface area contributed by atoms with Gasteiger partial charge in [0.2, 0.25) is 11.8 Å². The van der Waals surface area contributed by atoms with E-state index in [-0.39, 0.29) is 23.7 Å². The number of carbonyl (C=O) groups is 2. The largest absolute Gasteiger partial charge is 0.379 e. The highest BCUT2D eigenvalue weighted by molar-refractivity contribution is 5.86. The molecule has 1 heterocycles. The van der Waals surface area contributed by atoms with Gasteiger partial charge in [0.05, 0.1) is 19.3 Å². The monoisotopic (exact) mass is 337 g/mol. The molecule has 2 amide bonds. The summed E-state index contributed by atoms with van der Waals surface area (Å²) in [5.74, 6) is -0.783. The summed E-state index contributed by atoms with van der Waals surface area (Å²) in [5, 5.41) is 5.43. The lowest BCUT2D eigenvalue weighted by atomic mass is 10.0. The molecular weight excluding hydrogens is 313 g/mol. The first-order valence-electron chi connectivity index (χ1n) is 8.09. The van der Waals surface area contributed by atoms with Gasteiger partial charge in [-0.1, -0.05) is 12.1 Å². The minimum Gasteiger partial charge on any atom is -0.379 e. The van der Waals surface area contributed by atoms with Crippen molar-refractivity contribution in [2.75, 3.05) is 32.8 Å². The van der Waals surface area contributed by atoms with Crippen LogP contribution in [0.2, 0.25) is 0 Å². The minimum absolute atomic E-state index is 0.0667. The number of halogens is 1. The minimum atomic E-state index is -0.596. The number of rotatable bonds is 6. The third-order valence-corrected chi connectivity index (χ3v) is 4.02. The number of hydrogen-bond donors (Lipinski definition) is 2. The van der Waals surface area contributed by atoms with E-state index in [1.54, 1.807) is 19.1 Å². The number of amides is 2. The van der Waals surface area contributed by atoms with Crippen LogP contribution in [-0.4, -0.2) is 55.6 Å². The predicted molar refractivity (Wildman–Crippen MR) is 87.8 cm³/mol. The highest BCUT2D eigenvalue weighted by atomic mass is 19.1. The lowest BCUT2D eigenvalue weighted by molar-refractivity contribution is -0.127. The Morgan fingerprint density at radius 3 is 2.46 bits per heavy atom. The van der Waals surface area contributed by atoms with Gasteiger partial charge in [-0.15, -0.1) is 0 Å². The van der Waals surface area contributed by atoms with Gasteiger partial charge in [0.25, 0.3) is 0 Å². The van der Waals surface area contributed by atoms with Gasteiger partial charge in [-0.05, 0) is 24.6 Å². The number of benzene rings is 1. The van der Waals surface area contributed by atoms with Crippen molar-refractivity contribution in [3.8, 4) is 0 Å².